The molecule has 0 radical (unpaired) electrons. The summed E-state index contributed by atoms with van der Waals surface area (Å²) in [7, 11) is 0. The maximum atomic E-state index is 13.3. The third kappa shape index (κ3) is 8.31. The number of Topliss-reactive ketones (excluding diaryl/α,β-unsaturated/α-hetero) is 1. The summed E-state index contributed by atoms with van der Waals surface area (Å²) < 4.78 is 5.28. The lowest BCUT2D eigenvalue weighted by molar-refractivity contribution is -0.120. The van der Waals surface area contributed by atoms with E-state index in [1.165, 1.54) is 25.2 Å². The number of carbonyl (C=O) groups is 4. The summed E-state index contributed by atoms with van der Waals surface area (Å²) in [5.74, 6) is -4.01. The summed E-state index contributed by atoms with van der Waals surface area (Å²) in [5.41, 5.74) is 5.76. The smallest absolute Gasteiger partial charge is 0.405 e. The number of rotatable bonds is 4. The predicted octanol–water partition coefficient (Wildman–Crippen LogP) is 0.984. The number of ether oxygens (including phenoxy) is 1. The van der Waals surface area contributed by atoms with Crippen LogP contribution in [0.3, 0.4) is 0 Å². The lowest BCUT2D eigenvalue weighted by Gasteiger charge is -2.29. The minimum absolute atomic E-state index is 0.0560. The first kappa shape index (κ1) is 32.8. The molecule has 0 aromatic carbocycles. The summed E-state index contributed by atoms with van der Waals surface area (Å²) in [6.45, 7) is 5.23. The van der Waals surface area contributed by atoms with Crippen LogP contribution in [0.1, 0.15) is 40.5 Å². The molecule has 11 heteroatoms. The highest BCUT2D eigenvalue weighted by Crippen LogP contribution is 2.30. The fourth-order valence-corrected chi connectivity index (χ4v) is 5.06. The van der Waals surface area contributed by atoms with Crippen molar-refractivity contribution in [1.82, 2.24) is 5.32 Å². The van der Waals surface area contributed by atoms with Crippen molar-refractivity contribution in [3.05, 3.63) is 58.4 Å². The second-order valence-corrected chi connectivity index (χ2v) is 10.5. The summed E-state index contributed by atoms with van der Waals surface area (Å²) in [5, 5.41) is 43.5. The van der Waals surface area contributed by atoms with E-state index in [4.69, 9.17) is 10.5 Å². The van der Waals surface area contributed by atoms with Gasteiger partial charge in [-0.25, -0.2) is 4.79 Å². The van der Waals surface area contributed by atoms with Crippen molar-refractivity contribution >= 4 is 23.6 Å². The molecular weight excluding hydrogens is 520 g/mol. The summed E-state index contributed by atoms with van der Waals surface area (Å²) in [6.07, 6.45) is 4.38. The van der Waals surface area contributed by atoms with E-state index in [1.807, 2.05) is 0 Å². The molecule has 0 aromatic heterocycles. The highest BCUT2D eigenvalue weighted by Gasteiger charge is 2.32. The third-order valence-electron chi connectivity index (χ3n) is 7.26. The number of hydrogen-bond donors (Lipinski definition) is 6. The zero-order chi connectivity index (χ0) is 30.1. The summed E-state index contributed by atoms with van der Waals surface area (Å²) in [6, 6.07) is 0. The average Bonchev–Trinajstić information content (AvgIpc) is 2.90. The van der Waals surface area contributed by atoms with E-state index in [1.54, 1.807) is 26.8 Å². The van der Waals surface area contributed by atoms with E-state index < -0.39 is 66.7 Å². The van der Waals surface area contributed by atoms with Crippen LogP contribution < -0.4 is 11.1 Å². The van der Waals surface area contributed by atoms with Crippen molar-refractivity contribution in [1.29, 1.82) is 0 Å². The van der Waals surface area contributed by atoms with Crippen LogP contribution in [0.2, 0.25) is 0 Å². The topological polar surface area (TPSA) is 196 Å². The van der Waals surface area contributed by atoms with Gasteiger partial charge in [0, 0.05) is 47.2 Å². The monoisotopic (exact) mass is 560 g/mol. The molecule has 1 aliphatic heterocycles. The minimum atomic E-state index is -1.06. The van der Waals surface area contributed by atoms with Crippen LogP contribution in [0.4, 0.5) is 4.79 Å². The molecule has 0 aromatic rings. The van der Waals surface area contributed by atoms with Crippen LogP contribution in [0.25, 0.3) is 0 Å². The Morgan fingerprint density at radius 2 is 1.80 bits per heavy atom. The standard InChI is InChI=1S/C29H40N2O9/c1-15-8-20(13-33)25(36)17(3)10-18(4)27(40-29(30)39)19(12-32)7-5-6-16(2)28(38)31-23-11-24(35)22(14-34)21(9-15)26(23)37/h5-7,10-11,15,17,19-20,25,27,32-34,36H,8-9,12-14H2,1-4H3,(H2,30,39)(H,31,38)/b7-5-,16-6+,18-10+/t15-,17-,19+,20+,25+,27-/m0/s1. The molecule has 40 heavy (non-hydrogen) atoms. The van der Waals surface area contributed by atoms with Crippen LogP contribution in [0.15, 0.2) is 58.4 Å². The normalized spacial score (nSPS) is 32.8. The van der Waals surface area contributed by atoms with Crippen molar-refractivity contribution in [3.8, 4) is 0 Å². The van der Waals surface area contributed by atoms with E-state index >= 15 is 0 Å². The lowest BCUT2D eigenvalue weighted by Crippen LogP contribution is -2.34. The van der Waals surface area contributed by atoms with Gasteiger partial charge in [0.2, 0.25) is 5.78 Å². The summed E-state index contributed by atoms with van der Waals surface area (Å²) in [4.78, 5) is 50.4. The Kier molecular flexibility index (Phi) is 12.2. The zero-order valence-corrected chi connectivity index (χ0v) is 23.3. The Hall–Kier alpha value is -3.38. The second-order valence-electron chi connectivity index (χ2n) is 10.5. The number of fused-ring (bicyclic) bond motifs is 2. The van der Waals surface area contributed by atoms with Crippen molar-refractivity contribution in [2.75, 3.05) is 19.8 Å². The SMILES string of the molecule is C/C1=C\C=C/[C@H](CO)[C@@H](OC(N)=O)/C(C)=C/[C@H](C)[C@@H](O)[C@@H](CO)C[C@H](C)CC2=C(CO)C(=O)C=C(NC1=O)C2=O. The first-order valence-corrected chi connectivity index (χ1v) is 13.2. The number of ketones is 2. The van der Waals surface area contributed by atoms with E-state index in [2.05, 4.69) is 5.32 Å². The number of hydrogen-bond acceptors (Lipinski definition) is 9. The maximum absolute atomic E-state index is 13.3. The Balaban J connectivity index is 2.60. The summed E-state index contributed by atoms with van der Waals surface area (Å²) >= 11 is 0. The molecule has 2 rings (SSSR count). The number of carbonyl (C=O) groups excluding carboxylic acids is 4. The van der Waals surface area contributed by atoms with Gasteiger partial charge in [0.1, 0.15) is 6.10 Å². The molecule has 2 amide bonds. The Morgan fingerprint density at radius 1 is 1.12 bits per heavy atom. The largest absolute Gasteiger partial charge is 0.441 e. The molecule has 2 aliphatic rings. The highest BCUT2D eigenvalue weighted by atomic mass is 16.6. The predicted molar refractivity (Wildman–Crippen MR) is 146 cm³/mol. The number of primary amides is 1. The number of nitrogens with two attached hydrogens (primary N) is 1. The van der Waals surface area contributed by atoms with Crippen molar-refractivity contribution < 1.29 is 44.3 Å². The van der Waals surface area contributed by atoms with Crippen LogP contribution in [-0.2, 0) is 19.1 Å². The number of aliphatic hydroxyl groups excluding tert-OH is 4. The van der Waals surface area contributed by atoms with E-state index in [-0.39, 0.29) is 47.8 Å². The molecule has 11 nitrogen and oxygen atoms in total. The van der Waals surface area contributed by atoms with Gasteiger partial charge >= 0.3 is 6.09 Å². The average molecular weight is 561 g/mol. The van der Waals surface area contributed by atoms with Crippen LogP contribution in [0.5, 0.6) is 0 Å². The van der Waals surface area contributed by atoms with Crippen molar-refractivity contribution in [2.45, 2.75) is 52.7 Å². The maximum Gasteiger partial charge on any atom is 0.405 e. The van der Waals surface area contributed by atoms with E-state index in [9.17, 15) is 39.6 Å². The number of amides is 2. The molecule has 0 unspecified atom stereocenters. The molecule has 6 atom stereocenters. The lowest BCUT2D eigenvalue weighted by atomic mass is 9.80. The fraction of sp³-hybridized carbons (Fsp3) is 0.517. The van der Waals surface area contributed by atoms with E-state index in [0.29, 0.717) is 5.57 Å². The minimum Gasteiger partial charge on any atom is -0.441 e. The van der Waals surface area contributed by atoms with Crippen molar-refractivity contribution in [3.63, 3.8) is 0 Å². The number of allylic oxidation sites excluding steroid dienone is 4. The van der Waals surface area contributed by atoms with Gasteiger partial charge in [0.05, 0.1) is 25.0 Å². The van der Waals surface area contributed by atoms with Gasteiger partial charge in [0.15, 0.2) is 5.78 Å². The Morgan fingerprint density at radius 3 is 2.38 bits per heavy atom. The molecular formula is C29H40N2O9. The Bertz CT molecular complexity index is 1150. The molecule has 0 saturated heterocycles. The van der Waals surface area contributed by atoms with Gasteiger partial charge in [-0.05, 0) is 38.2 Å². The van der Waals surface area contributed by atoms with Gasteiger partial charge in [0.25, 0.3) is 5.91 Å². The molecule has 0 spiro atoms. The van der Waals surface area contributed by atoms with Crippen molar-refractivity contribution in [2.24, 2.45) is 29.4 Å². The molecule has 1 aliphatic carbocycles. The molecule has 1 heterocycles. The van der Waals surface area contributed by atoms with Crippen LogP contribution in [-0.4, -0.2) is 76.0 Å². The molecule has 0 saturated carbocycles. The van der Waals surface area contributed by atoms with Gasteiger partial charge in [-0.2, -0.15) is 0 Å². The molecule has 220 valence electrons. The van der Waals surface area contributed by atoms with Gasteiger partial charge in [-0.15, -0.1) is 0 Å². The molecule has 0 fully saturated rings. The second kappa shape index (κ2) is 14.8. The first-order valence-electron chi connectivity index (χ1n) is 13.2. The third-order valence-corrected chi connectivity index (χ3v) is 7.26. The van der Waals surface area contributed by atoms with Gasteiger partial charge in [-0.1, -0.05) is 38.2 Å². The molecule has 2 bridgehead atoms. The quantitative estimate of drug-likeness (QED) is 0.214. The fourth-order valence-electron chi connectivity index (χ4n) is 5.06. The highest BCUT2D eigenvalue weighted by molar-refractivity contribution is 6.23. The van der Waals surface area contributed by atoms with E-state index in [0.717, 1.165) is 6.08 Å². The zero-order valence-electron chi connectivity index (χ0n) is 23.3. The number of nitrogens with one attached hydrogen (secondary N) is 1. The van der Waals surface area contributed by atoms with Gasteiger partial charge in [-0.3, -0.25) is 14.4 Å². The van der Waals surface area contributed by atoms with Crippen LogP contribution >= 0.6 is 0 Å². The van der Waals surface area contributed by atoms with Crippen LogP contribution in [0, 0.1) is 23.7 Å². The molecule has 7 N–H and O–H groups in total. The number of aliphatic hydroxyl groups is 4. The Labute approximate surface area is 233 Å². The first-order chi connectivity index (χ1) is 18.8. The van der Waals surface area contributed by atoms with Gasteiger partial charge < -0.3 is 36.2 Å².